The van der Waals surface area contributed by atoms with E-state index in [2.05, 4.69) is 33.9 Å². The molecule has 1 saturated carbocycles. The smallest absolute Gasteiger partial charge is 0.243 e. The highest BCUT2D eigenvalue weighted by Crippen LogP contribution is 2.29. The third kappa shape index (κ3) is 3.67. The number of hydrogen-bond acceptors (Lipinski definition) is 5. The zero-order valence-corrected chi connectivity index (χ0v) is 12.9. The average Bonchev–Trinajstić information content (AvgIpc) is 2.37. The van der Waals surface area contributed by atoms with Crippen LogP contribution in [-0.4, -0.2) is 31.5 Å². The predicted octanol–water partition coefficient (Wildman–Crippen LogP) is 1.62. The minimum absolute atomic E-state index is 0.00252. The van der Waals surface area contributed by atoms with Crippen LogP contribution in [0.3, 0.4) is 0 Å². The Balaban J connectivity index is 2.09. The number of rotatable bonds is 4. The second-order valence-electron chi connectivity index (χ2n) is 5.73. The Morgan fingerprint density at radius 3 is 2.15 bits per heavy atom. The van der Waals surface area contributed by atoms with Crippen molar-refractivity contribution < 1.29 is 8.42 Å². The molecule has 0 aromatic carbocycles. The van der Waals surface area contributed by atoms with E-state index < -0.39 is 10.0 Å². The Labute approximate surface area is 120 Å². The van der Waals surface area contributed by atoms with Gasteiger partial charge in [0.2, 0.25) is 16.0 Å². The molecule has 1 heterocycles. The molecule has 1 fully saturated rings. The van der Waals surface area contributed by atoms with Crippen LogP contribution in [0.15, 0.2) is 17.3 Å². The zero-order valence-electron chi connectivity index (χ0n) is 12.1. The normalized spacial score (nSPS) is 27.2. The Kier molecular flexibility index (Phi) is 4.59. The van der Waals surface area contributed by atoms with Crippen LogP contribution >= 0.6 is 0 Å². The summed E-state index contributed by atoms with van der Waals surface area (Å²) < 4.78 is 27.4. The molecule has 1 aliphatic carbocycles. The molecule has 0 amide bonds. The van der Waals surface area contributed by atoms with E-state index in [1.807, 2.05) is 0 Å². The summed E-state index contributed by atoms with van der Waals surface area (Å²) in [6, 6.07) is 0.00252. The quantitative estimate of drug-likeness (QED) is 0.882. The first kappa shape index (κ1) is 15.2. The first-order valence-electron chi connectivity index (χ1n) is 6.93. The molecule has 2 rings (SSSR count). The monoisotopic (exact) mass is 298 g/mol. The third-order valence-corrected chi connectivity index (χ3v) is 5.14. The van der Waals surface area contributed by atoms with Gasteiger partial charge >= 0.3 is 0 Å². The van der Waals surface area contributed by atoms with Crippen LogP contribution in [0.2, 0.25) is 0 Å². The van der Waals surface area contributed by atoms with Gasteiger partial charge in [-0.25, -0.2) is 23.1 Å². The van der Waals surface area contributed by atoms with Crippen molar-refractivity contribution in [2.45, 2.75) is 44.0 Å². The van der Waals surface area contributed by atoms with Gasteiger partial charge in [-0.1, -0.05) is 13.8 Å². The molecule has 1 aromatic heterocycles. The summed E-state index contributed by atoms with van der Waals surface area (Å²) >= 11 is 0. The number of nitrogens with one attached hydrogen (secondary N) is 2. The van der Waals surface area contributed by atoms with Gasteiger partial charge in [0.1, 0.15) is 4.90 Å². The second kappa shape index (κ2) is 6.05. The lowest BCUT2D eigenvalue weighted by atomic mass is 9.81. The molecule has 1 aromatic rings. The Morgan fingerprint density at radius 2 is 1.65 bits per heavy atom. The number of anilines is 1. The molecule has 2 N–H and O–H groups in total. The molecule has 0 spiro atoms. The summed E-state index contributed by atoms with van der Waals surface area (Å²) in [5.41, 5.74) is 0. The highest BCUT2D eigenvalue weighted by Gasteiger charge is 2.28. The average molecular weight is 298 g/mol. The summed E-state index contributed by atoms with van der Waals surface area (Å²) in [5.74, 6) is 1.51. The molecule has 6 nitrogen and oxygen atoms in total. The van der Waals surface area contributed by atoms with Gasteiger partial charge in [-0.05, 0) is 31.1 Å². The lowest BCUT2D eigenvalue weighted by Gasteiger charge is -2.31. The van der Waals surface area contributed by atoms with Gasteiger partial charge in [0.15, 0.2) is 0 Å². The van der Waals surface area contributed by atoms with Crippen LogP contribution in [0.5, 0.6) is 0 Å². The molecule has 0 bridgehead atoms. The zero-order chi connectivity index (χ0) is 14.8. The molecule has 2 unspecified atom stereocenters. The summed E-state index contributed by atoms with van der Waals surface area (Å²) in [5, 5.41) is 2.76. The van der Waals surface area contributed by atoms with Crippen LogP contribution in [0.1, 0.15) is 33.1 Å². The molecule has 0 radical (unpaired) electrons. The van der Waals surface area contributed by atoms with Crippen LogP contribution in [0.25, 0.3) is 0 Å². The van der Waals surface area contributed by atoms with Crippen molar-refractivity contribution in [2.75, 3.05) is 12.4 Å². The van der Waals surface area contributed by atoms with Crippen LogP contribution < -0.4 is 10.0 Å². The fourth-order valence-corrected chi connectivity index (χ4v) is 4.07. The summed E-state index contributed by atoms with van der Waals surface area (Å²) in [6.07, 6.45) is 5.60. The molecule has 0 aliphatic heterocycles. The fourth-order valence-electron chi connectivity index (χ4n) is 2.91. The lowest BCUT2D eigenvalue weighted by Crippen LogP contribution is -2.40. The van der Waals surface area contributed by atoms with E-state index in [0.717, 1.165) is 19.3 Å². The largest absolute Gasteiger partial charge is 0.357 e. The first-order valence-corrected chi connectivity index (χ1v) is 8.41. The number of sulfonamides is 1. The van der Waals surface area contributed by atoms with Crippen molar-refractivity contribution in [3.05, 3.63) is 12.4 Å². The molecule has 7 heteroatoms. The molecular weight excluding hydrogens is 276 g/mol. The van der Waals surface area contributed by atoms with Gasteiger partial charge in [0.25, 0.3) is 0 Å². The Bertz CT molecular complexity index is 534. The SMILES string of the molecule is CNc1ncc(S(=O)(=O)NC2CC(C)CC(C)C2)cn1. The fraction of sp³-hybridized carbons (Fsp3) is 0.692. The van der Waals surface area contributed by atoms with E-state index >= 15 is 0 Å². The highest BCUT2D eigenvalue weighted by molar-refractivity contribution is 7.89. The molecule has 1 aliphatic rings. The molecule has 20 heavy (non-hydrogen) atoms. The van der Waals surface area contributed by atoms with Crippen molar-refractivity contribution in [2.24, 2.45) is 11.8 Å². The molecular formula is C13H22N4O2S. The predicted molar refractivity (Wildman–Crippen MR) is 77.9 cm³/mol. The maximum atomic E-state index is 12.3. The van der Waals surface area contributed by atoms with Gasteiger partial charge in [0, 0.05) is 13.1 Å². The van der Waals surface area contributed by atoms with E-state index in [1.165, 1.54) is 12.4 Å². The summed E-state index contributed by atoms with van der Waals surface area (Å²) in [4.78, 5) is 8.00. The molecule has 112 valence electrons. The van der Waals surface area contributed by atoms with Crippen molar-refractivity contribution in [1.82, 2.24) is 14.7 Å². The topological polar surface area (TPSA) is 84.0 Å². The van der Waals surface area contributed by atoms with Gasteiger partial charge in [0.05, 0.1) is 12.4 Å². The Morgan fingerprint density at radius 1 is 1.10 bits per heavy atom. The summed E-state index contributed by atoms with van der Waals surface area (Å²) in [6.45, 7) is 4.34. The van der Waals surface area contributed by atoms with E-state index in [1.54, 1.807) is 7.05 Å². The maximum absolute atomic E-state index is 12.3. The van der Waals surface area contributed by atoms with Crippen LogP contribution in [0, 0.1) is 11.8 Å². The van der Waals surface area contributed by atoms with Gasteiger partial charge in [-0.3, -0.25) is 0 Å². The van der Waals surface area contributed by atoms with Crippen molar-refractivity contribution in [3.63, 3.8) is 0 Å². The van der Waals surface area contributed by atoms with Gasteiger partial charge < -0.3 is 5.32 Å². The first-order chi connectivity index (χ1) is 9.40. The summed E-state index contributed by atoms with van der Waals surface area (Å²) in [7, 11) is -1.85. The lowest BCUT2D eigenvalue weighted by molar-refractivity contribution is 0.257. The van der Waals surface area contributed by atoms with Crippen molar-refractivity contribution in [3.8, 4) is 0 Å². The van der Waals surface area contributed by atoms with Crippen molar-refractivity contribution in [1.29, 1.82) is 0 Å². The molecule has 2 atom stereocenters. The number of nitrogens with zero attached hydrogens (tertiary/aromatic N) is 2. The minimum Gasteiger partial charge on any atom is -0.357 e. The van der Waals surface area contributed by atoms with Crippen molar-refractivity contribution >= 4 is 16.0 Å². The maximum Gasteiger partial charge on any atom is 0.243 e. The van der Waals surface area contributed by atoms with E-state index in [9.17, 15) is 8.42 Å². The minimum atomic E-state index is -3.53. The number of aromatic nitrogens is 2. The Hall–Kier alpha value is -1.21. The standard InChI is InChI=1S/C13H22N4O2S/c1-9-4-10(2)6-11(5-9)17-20(18,19)12-7-15-13(14-3)16-8-12/h7-11,17H,4-6H2,1-3H3,(H,14,15,16). The van der Waals surface area contributed by atoms with Gasteiger partial charge in [-0.2, -0.15) is 0 Å². The van der Waals surface area contributed by atoms with E-state index in [0.29, 0.717) is 17.8 Å². The van der Waals surface area contributed by atoms with Crippen LogP contribution in [-0.2, 0) is 10.0 Å². The molecule has 0 saturated heterocycles. The van der Waals surface area contributed by atoms with Gasteiger partial charge in [-0.15, -0.1) is 0 Å². The second-order valence-corrected chi connectivity index (χ2v) is 7.44. The van der Waals surface area contributed by atoms with Crippen LogP contribution in [0.4, 0.5) is 5.95 Å². The van der Waals surface area contributed by atoms with E-state index in [4.69, 9.17) is 0 Å². The number of hydrogen-bond donors (Lipinski definition) is 2. The van der Waals surface area contributed by atoms with E-state index in [-0.39, 0.29) is 10.9 Å². The highest BCUT2D eigenvalue weighted by atomic mass is 32.2. The third-order valence-electron chi connectivity index (χ3n) is 3.66.